The van der Waals surface area contributed by atoms with Crippen LogP contribution in [0.15, 0.2) is 40.2 Å². The molecule has 1 atom stereocenters. The molecule has 138 valence electrons. The zero-order valence-electron chi connectivity index (χ0n) is 14.7. The van der Waals surface area contributed by atoms with Gasteiger partial charge in [0.15, 0.2) is 0 Å². The lowest BCUT2D eigenvalue weighted by atomic mass is 10.1. The topological polar surface area (TPSA) is 97.3 Å². The molecular weight excluding hydrogens is 336 g/mol. The van der Waals surface area contributed by atoms with Gasteiger partial charge in [0.2, 0.25) is 5.91 Å². The van der Waals surface area contributed by atoms with Gasteiger partial charge in [0.25, 0.3) is 5.56 Å². The number of pyridine rings is 1. The molecule has 1 amide bonds. The van der Waals surface area contributed by atoms with Crippen molar-refractivity contribution in [1.82, 2.24) is 19.4 Å². The number of carbonyl (C=O) groups is 1. The smallest absolute Gasteiger partial charge is 0.328 e. The van der Waals surface area contributed by atoms with Gasteiger partial charge in [-0.3, -0.25) is 24.1 Å². The number of H-pyrrole nitrogens is 1. The van der Waals surface area contributed by atoms with Gasteiger partial charge < -0.3 is 9.64 Å². The van der Waals surface area contributed by atoms with Crippen LogP contribution in [0.3, 0.4) is 0 Å². The molecule has 0 aromatic carbocycles. The molecule has 2 aromatic heterocycles. The van der Waals surface area contributed by atoms with Gasteiger partial charge in [-0.15, -0.1) is 0 Å². The zero-order chi connectivity index (χ0) is 18.5. The third-order valence-electron chi connectivity index (χ3n) is 4.42. The van der Waals surface area contributed by atoms with Gasteiger partial charge in [-0.1, -0.05) is 6.07 Å². The van der Waals surface area contributed by atoms with Crippen LogP contribution >= 0.6 is 0 Å². The van der Waals surface area contributed by atoms with Crippen LogP contribution in [0, 0.1) is 6.92 Å². The van der Waals surface area contributed by atoms with Gasteiger partial charge >= 0.3 is 5.69 Å². The number of carbonyl (C=O) groups excluding carboxylic acids is 1. The Morgan fingerprint density at radius 2 is 2.23 bits per heavy atom. The second-order valence-corrected chi connectivity index (χ2v) is 6.44. The number of aryl methyl sites for hydroxylation is 1. The Balaban J connectivity index is 1.58. The summed E-state index contributed by atoms with van der Waals surface area (Å²) in [4.78, 5) is 44.0. The molecular formula is C18H22N4O4. The third-order valence-corrected chi connectivity index (χ3v) is 4.42. The Hall–Kier alpha value is -2.74. The highest BCUT2D eigenvalue weighted by Gasteiger charge is 2.24. The largest absolute Gasteiger partial charge is 0.370 e. The number of amides is 1. The molecule has 8 heteroatoms. The standard InChI is InChI=1S/C18H22N4O4/c1-13-9-22(18(25)20-17(13)24)11-16(23)21-8-4-6-15(10-21)26-12-14-5-2-3-7-19-14/h2-3,5,7,9,15H,4,6,8,10-12H2,1H3,(H,20,24,25)/t15-/m1/s1. The predicted octanol–water partition coefficient (Wildman–Crippen LogP) is 0.448. The molecule has 3 rings (SSSR count). The second kappa shape index (κ2) is 8.09. The van der Waals surface area contributed by atoms with Crippen LogP contribution in [-0.4, -0.2) is 44.5 Å². The summed E-state index contributed by atoms with van der Waals surface area (Å²) in [5.74, 6) is -0.162. The molecule has 0 bridgehead atoms. The van der Waals surface area contributed by atoms with Crippen molar-refractivity contribution in [1.29, 1.82) is 0 Å². The molecule has 1 N–H and O–H groups in total. The van der Waals surface area contributed by atoms with Gasteiger partial charge in [-0.25, -0.2) is 4.79 Å². The van der Waals surface area contributed by atoms with E-state index in [0.717, 1.165) is 18.5 Å². The summed E-state index contributed by atoms with van der Waals surface area (Å²) in [6, 6.07) is 5.66. The number of hydrogen-bond donors (Lipinski definition) is 1. The first kappa shape index (κ1) is 18.1. The molecule has 8 nitrogen and oxygen atoms in total. The minimum absolute atomic E-state index is 0.0521. The summed E-state index contributed by atoms with van der Waals surface area (Å²) in [7, 11) is 0. The van der Waals surface area contributed by atoms with E-state index in [1.807, 2.05) is 18.2 Å². The van der Waals surface area contributed by atoms with Gasteiger partial charge in [-0.05, 0) is 31.9 Å². The monoisotopic (exact) mass is 358 g/mol. The lowest BCUT2D eigenvalue weighted by Gasteiger charge is -2.32. The van der Waals surface area contributed by atoms with Crippen LogP contribution in [0.2, 0.25) is 0 Å². The lowest BCUT2D eigenvalue weighted by Crippen LogP contribution is -2.45. The Bertz CT molecular complexity index is 875. The van der Waals surface area contributed by atoms with Crippen LogP contribution < -0.4 is 11.2 Å². The molecule has 1 fully saturated rings. The lowest BCUT2D eigenvalue weighted by molar-refractivity contribution is -0.136. The number of ether oxygens (including phenoxy) is 1. The fourth-order valence-electron chi connectivity index (χ4n) is 2.97. The van der Waals surface area contributed by atoms with Crippen LogP contribution in [-0.2, 0) is 22.7 Å². The summed E-state index contributed by atoms with van der Waals surface area (Å²) in [6.07, 6.45) is 4.81. The zero-order valence-corrected chi connectivity index (χ0v) is 14.7. The molecule has 0 aliphatic carbocycles. The van der Waals surface area contributed by atoms with Crippen molar-refractivity contribution in [3.63, 3.8) is 0 Å². The maximum absolute atomic E-state index is 12.5. The fraction of sp³-hybridized carbons (Fsp3) is 0.444. The fourth-order valence-corrected chi connectivity index (χ4v) is 2.97. The van der Waals surface area contributed by atoms with E-state index in [-0.39, 0.29) is 18.6 Å². The van der Waals surface area contributed by atoms with Gasteiger partial charge in [0.05, 0.1) is 18.4 Å². The number of piperidine rings is 1. The van der Waals surface area contributed by atoms with Crippen molar-refractivity contribution in [3.05, 3.63) is 62.7 Å². The quantitative estimate of drug-likeness (QED) is 0.837. The van der Waals surface area contributed by atoms with Crippen molar-refractivity contribution in [3.8, 4) is 0 Å². The van der Waals surface area contributed by atoms with Crippen LogP contribution in [0.25, 0.3) is 0 Å². The summed E-state index contributed by atoms with van der Waals surface area (Å²) in [5, 5.41) is 0. The molecule has 0 unspecified atom stereocenters. The molecule has 3 heterocycles. The predicted molar refractivity (Wildman–Crippen MR) is 94.7 cm³/mol. The van der Waals surface area contributed by atoms with E-state index in [1.165, 1.54) is 10.8 Å². The Morgan fingerprint density at radius 1 is 1.38 bits per heavy atom. The minimum Gasteiger partial charge on any atom is -0.370 e. The van der Waals surface area contributed by atoms with Crippen LogP contribution in [0.1, 0.15) is 24.1 Å². The van der Waals surface area contributed by atoms with E-state index in [0.29, 0.717) is 25.3 Å². The van der Waals surface area contributed by atoms with Gasteiger partial charge in [0, 0.05) is 31.0 Å². The summed E-state index contributed by atoms with van der Waals surface area (Å²) >= 11 is 0. The van der Waals surface area contributed by atoms with Crippen molar-refractivity contribution < 1.29 is 9.53 Å². The normalized spacial score (nSPS) is 17.3. The Morgan fingerprint density at radius 3 is 3.00 bits per heavy atom. The van der Waals surface area contributed by atoms with Crippen LogP contribution in [0.4, 0.5) is 0 Å². The maximum Gasteiger partial charge on any atom is 0.328 e. The number of hydrogen-bond acceptors (Lipinski definition) is 5. The van der Waals surface area contributed by atoms with Gasteiger partial charge in [-0.2, -0.15) is 0 Å². The molecule has 0 spiro atoms. The van der Waals surface area contributed by atoms with Crippen molar-refractivity contribution in [2.24, 2.45) is 0 Å². The number of rotatable bonds is 5. The number of aromatic nitrogens is 3. The first-order chi connectivity index (χ1) is 12.5. The van der Waals surface area contributed by atoms with Crippen molar-refractivity contribution >= 4 is 5.91 Å². The summed E-state index contributed by atoms with van der Waals surface area (Å²) < 4.78 is 7.12. The molecule has 1 aliphatic heterocycles. The van der Waals surface area contributed by atoms with E-state index < -0.39 is 11.2 Å². The highest BCUT2D eigenvalue weighted by molar-refractivity contribution is 5.76. The molecule has 2 aromatic rings. The van der Waals surface area contributed by atoms with Crippen molar-refractivity contribution in [2.45, 2.75) is 39.0 Å². The first-order valence-electron chi connectivity index (χ1n) is 8.62. The Labute approximate surface area is 150 Å². The van der Waals surface area contributed by atoms with Crippen LogP contribution in [0.5, 0.6) is 0 Å². The minimum atomic E-state index is -0.575. The average Bonchev–Trinajstić information content (AvgIpc) is 2.65. The summed E-state index contributed by atoms with van der Waals surface area (Å²) in [6.45, 7) is 3.04. The molecule has 0 saturated carbocycles. The highest BCUT2D eigenvalue weighted by Crippen LogP contribution is 2.15. The number of aromatic amines is 1. The van der Waals surface area contributed by atoms with E-state index >= 15 is 0 Å². The second-order valence-electron chi connectivity index (χ2n) is 6.44. The SMILES string of the molecule is Cc1cn(CC(=O)N2CCC[C@@H](OCc3ccccn3)C2)c(=O)[nH]c1=O. The molecule has 1 aliphatic rings. The Kier molecular flexibility index (Phi) is 5.62. The average molecular weight is 358 g/mol. The maximum atomic E-state index is 12.5. The molecule has 0 radical (unpaired) electrons. The van der Waals surface area contributed by atoms with Gasteiger partial charge in [0.1, 0.15) is 6.54 Å². The van der Waals surface area contributed by atoms with E-state index in [4.69, 9.17) is 4.74 Å². The highest BCUT2D eigenvalue weighted by atomic mass is 16.5. The molecule has 1 saturated heterocycles. The van der Waals surface area contributed by atoms with Crippen molar-refractivity contribution in [2.75, 3.05) is 13.1 Å². The van der Waals surface area contributed by atoms with E-state index in [2.05, 4.69) is 9.97 Å². The first-order valence-corrected chi connectivity index (χ1v) is 8.62. The third kappa shape index (κ3) is 4.45. The number of nitrogens with one attached hydrogen (secondary N) is 1. The number of nitrogens with zero attached hydrogens (tertiary/aromatic N) is 3. The summed E-state index contributed by atoms with van der Waals surface area (Å²) in [5.41, 5.74) is 0.243. The number of likely N-dealkylation sites (tertiary alicyclic amines) is 1. The van der Waals surface area contributed by atoms with E-state index in [1.54, 1.807) is 18.0 Å². The van der Waals surface area contributed by atoms with E-state index in [9.17, 15) is 14.4 Å². The molecule has 26 heavy (non-hydrogen) atoms.